The SMILES string of the molecule is Cc1nn(Cc2ccccc2)c2sc(C(=O)Nc3ccccc3C(=O)NC(C)c3ccccc3)cc12. The van der Waals surface area contributed by atoms with Gasteiger partial charge in [0, 0.05) is 5.39 Å². The number of carbonyl (C=O) groups is 2. The predicted molar refractivity (Wildman–Crippen MR) is 145 cm³/mol. The van der Waals surface area contributed by atoms with Crippen LogP contribution in [-0.2, 0) is 6.54 Å². The van der Waals surface area contributed by atoms with E-state index in [-0.39, 0.29) is 17.9 Å². The lowest BCUT2D eigenvalue weighted by atomic mass is 10.1. The van der Waals surface area contributed by atoms with Crippen molar-refractivity contribution in [1.29, 1.82) is 0 Å². The zero-order valence-electron chi connectivity index (χ0n) is 20.1. The van der Waals surface area contributed by atoms with Gasteiger partial charge < -0.3 is 10.6 Å². The van der Waals surface area contributed by atoms with Crippen molar-refractivity contribution in [3.8, 4) is 0 Å². The molecular weight excluding hydrogens is 468 g/mol. The van der Waals surface area contributed by atoms with Crippen LogP contribution in [0.15, 0.2) is 91.0 Å². The first-order chi connectivity index (χ1) is 17.5. The highest BCUT2D eigenvalue weighted by Gasteiger charge is 2.20. The maximum absolute atomic E-state index is 13.2. The van der Waals surface area contributed by atoms with Gasteiger partial charge in [0.2, 0.25) is 0 Å². The number of amides is 2. The summed E-state index contributed by atoms with van der Waals surface area (Å²) >= 11 is 1.40. The molecule has 0 saturated heterocycles. The fraction of sp³-hybridized carbons (Fsp3) is 0.138. The van der Waals surface area contributed by atoms with Gasteiger partial charge in [0.25, 0.3) is 11.8 Å². The number of benzene rings is 3. The van der Waals surface area contributed by atoms with Crippen LogP contribution in [0.1, 0.15) is 49.8 Å². The summed E-state index contributed by atoms with van der Waals surface area (Å²) in [6.45, 7) is 4.52. The zero-order chi connectivity index (χ0) is 25.1. The van der Waals surface area contributed by atoms with Gasteiger partial charge in [0.15, 0.2) is 0 Å². The molecule has 0 saturated carbocycles. The van der Waals surface area contributed by atoms with Crippen molar-refractivity contribution in [3.63, 3.8) is 0 Å². The molecule has 0 aliphatic rings. The minimum absolute atomic E-state index is 0.166. The van der Waals surface area contributed by atoms with E-state index in [2.05, 4.69) is 27.9 Å². The number of hydrogen-bond acceptors (Lipinski definition) is 4. The van der Waals surface area contributed by atoms with Crippen molar-refractivity contribution < 1.29 is 9.59 Å². The van der Waals surface area contributed by atoms with E-state index in [1.807, 2.05) is 73.1 Å². The van der Waals surface area contributed by atoms with Crippen LogP contribution in [0.2, 0.25) is 0 Å². The lowest BCUT2D eigenvalue weighted by Crippen LogP contribution is -2.27. The highest BCUT2D eigenvalue weighted by atomic mass is 32.1. The summed E-state index contributed by atoms with van der Waals surface area (Å²) in [6.07, 6.45) is 0. The molecule has 2 N–H and O–H groups in total. The third-order valence-electron chi connectivity index (χ3n) is 6.07. The number of nitrogens with one attached hydrogen (secondary N) is 2. The molecule has 36 heavy (non-hydrogen) atoms. The first kappa shape index (κ1) is 23.5. The molecule has 7 heteroatoms. The minimum atomic E-state index is -0.252. The van der Waals surface area contributed by atoms with Gasteiger partial charge in [-0.05, 0) is 43.2 Å². The maximum Gasteiger partial charge on any atom is 0.265 e. The molecule has 0 fully saturated rings. The monoisotopic (exact) mass is 494 g/mol. The van der Waals surface area contributed by atoms with Crippen LogP contribution in [0.5, 0.6) is 0 Å². The maximum atomic E-state index is 13.2. The Labute approximate surface area is 213 Å². The van der Waals surface area contributed by atoms with Crippen LogP contribution < -0.4 is 10.6 Å². The van der Waals surface area contributed by atoms with Gasteiger partial charge >= 0.3 is 0 Å². The minimum Gasteiger partial charge on any atom is -0.345 e. The number of rotatable bonds is 7. The topological polar surface area (TPSA) is 76.0 Å². The fourth-order valence-corrected chi connectivity index (χ4v) is 5.22. The largest absolute Gasteiger partial charge is 0.345 e. The number of para-hydroxylation sites is 1. The number of aryl methyl sites for hydroxylation is 1. The van der Waals surface area contributed by atoms with Crippen molar-refractivity contribution in [1.82, 2.24) is 15.1 Å². The molecule has 0 aliphatic heterocycles. The second-order valence-electron chi connectivity index (χ2n) is 8.66. The average Bonchev–Trinajstić information content (AvgIpc) is 3.46. The van der Waals surface area contributed by atoms with Gasteiger partial charge in [0.05, 0.1) is 34.4 Å². The Balaban J connectivity index is 1.35. The summed E-state index contributed by atoms with van der Waals surface area (Å²) in [5.41, 5.74) is 3.93. The molecule has 1 unspecified atom stereocenters. The Morgan fingerprint density at radius 1 is 0.917 bits per heavy atom. The van der Waals surface area contributed by atoms with E-state index in [0.717, 1.165) is 27.0 Å². The van der Waals surface area contributed by atoms with E-state index < -0.39 is 0 Å². The Morgan fingerprint density at radius 2 is 1.58 bits per heavy atom. The van der Waals surface area contributed by atoms with Gasteiger partial charge in [0.1, 0.15) is 4.83 Å². The highest BCUT2D eigenvalue weighted by Crippen LogP contribution is 2.30. The van der Waals surface area contributed by atoms with E-state index in [4.69, 9.17) is 0 Å². The average molecular weight is 495 g/mol. The summed E-state index contributed by atoms with van der Waals surface area (Å²) in [5, 5.41) is 11.6. The molecule has 2 amide bonds. The summed E-state index contributed by atoms with van der Waals surface area (Å²) in [5.74, 6) is -0.494. The summed E-state index contributed by atoms with van der Waals surface area (Å²) in [4.78, 5) is 27.8. The normalized spacial score (nSPS) is 11.8. The molecule has 5 rings (SSSR count). The molecule has 0 spiro atoms. The Bertz CT molecular complexity index is 1520. The second kappa shape index (κ2) is 10.2. The molecule has 0 radical (unpaired) electrons. The Morgan fingerprint density at radius 3 is 2.33 bits per heavy atom. The van der Waals surface area contributed by atoms with Gasteiger partial charge in [-0.3, -0.25) is 14.3 Å². The van der Waals surface area contributed by atoms with E-state index in [1.165, 1.54) is 11.3 Å². The van der Waals surface area contributed by atoms with Crippen molar-refractivity contribution >= 4 is 39.1 Å². The summed E-state index contributed by atoms with van der Waals surface area (Å²) in [7, 11) is 0. The number of hydrogen-bond donors (Lipinski definition) is 2. The predicted octanol–water partition coefficient (Wildman–Crippen LogP) is 6.20. The lowest BCUT2D eigenvalue weighted by molar-refractivity contribution is 0.0940. The third kappa shape index (κ3) is 4.92. The van der Waals surface area contributed by atoms with Crippen molar-refractivity contribution in [2.45, 2.75) is 26.4 Å². The molecule has 3 aromatic carbocycles. The smallest absolute Gasteiger partial charge is 0.265 e. The molecule has 2 heterocycles. The van der Waals surface area contributed by atoms with E-state index in [1.54, 1.807) is 24.3 Å². The van der Waals surface area contributed by atoms with Crippen LogP contribution in [0.25, 0.3) is 10.2 Å². The standard InChI is InChI=1S/C29H26N4O2S/c1-19(22-13-7-4-8-14-22)30-27(34)23-15-9-10-16-25(23)31-28(35)26-17-24-20(2)32-33(29(24)36-26)18-21-11-5-3-6-12-21/h3-17,19H,18H2,1-2H3,(H,30,34)(H,31,35). The van der Waals surface area contributed by atoms with Crippen LogP contribution >= 0.6 is 11.3 Å². The molecule has 5 aromatic rings. The van der Waals surface area contributed by atoms with Crippen LogP contribution in [0.4, 0.5) is 5.69 Å². The van der Waals surface area contributed by atoms with Gasteiger partial charge in [-0.25, -0.2) is 0 Å². The Hall–Kier alpha value is -4.23. The molecule has 0 aliphatic carbocycles. The summed E-state index contributed by atoms with van der Waals surface area (Å²) < 4.78 is 1.94. The number of nitrogens with zero attached hydrogens (tertiary/aromatic N) is 2. The van der Waals surface area contributed by atoms with Gasteiger partial charge in [-0.1, -0.05) is 72.8 Å². The van der Waals surface area contributed by atoms with Crippen LogP contribution in [0.3, 0.4) is 0 Å². The second-order valence-corrected chi connectivity index (χ2v) is 9.69. The first-order valence-electron chi connectivity index (χ1n) is 11.8. The number of aromatic nitrogens is 2. The summed E-state index contributed by atoms with van der Waals surface area (Å²) in [6, 6.07) is 28.7. The molecule has 2 aromatic heterocycles. The number of fused-ring (bicyclic) bond motifs is 1. The number of anilines is 1. The van der Waals surface area contributed by atoms with Gasteiger partial charge in [-0.15, -0.1) is 11.3 Å². The van der Waals surface area contributed by atoms with Crippen molar-refractivity contribution in [3.05, 3.63) is 118 Å². The fourth-order valence-electron chi connectivity index (χ4n) is 4.16. The van der Waals surface area contributed by atoms with E-state index in [0.29, 0.717) is 22.7 Å². The highest BCUT2D eigenvalue weighted by molar-refractivity contribution is 7.20. The van der Waals surface area contributed by atoms with E-state index in [9.17, 15) is 9.59 Å². The number of thiophene rings is 1. The molecule has 180 valence electrons. The van der Waals surface area contributed by atoms with Crippen LogP contribution in [-0.4, -0.2) is 21.6 Å². The van der Waals surface area contributed by atoms with Crippen LogP contribution in [0, 0.1) is 6.92 Å². The molecule has 0 bridgehead atoms. The lowest BCUT2D eigenvalue weighted by Gasteiger charge is -2.16. The zero-order valence-corrected chi connectivity index (χ0v) is 20.9. The van der Waals surface area contributed by atoms with Gasteiger partial charge in [-0.2, -0.15) is 5.10 Å². The first-order valence-corrected chi connectivity index (χ1v) is 12.6. The Kier molecular flexibility index (Phi) is 6.64. The molecule has 6 nitrogen and oxygen atoms in total. The molecular formula is C29H26N4O2S. The van der Waals surface area contributed by atoms with Crippen molar-refractivity contribution in [2.75, 3.05) is 5.32 Å². The van der Waals surface area contributed by atoms with E-state index >= 15 is 0 Å². The number of carbonyl (C=O) groups excluding carboxylic acids is 2. The van der Waals surface area contributed by atoms with Crippen molar-refractivity contribution in [2.24, 2.45) is 0 Å². The third-order valence-corrected chi connectivity index (χ3v) is 7.22. The quantitative estimate of drug-likeness (QED) is 0.283. The molecule has 1 atom stereocenters.